The van der Waals surface area contributed by atoms with Gasteiger partial charge in [0.1, 0.15) is 0 Å². The third kappa shape index (κ3) is 5.88. The van der Waals surface area contributed by atoms with Gasteiger partial charge in [0, 0.05) is 58.2 Å². The van der Waals surface area contributed by atoms with E-state index in [0.29, 0.717) is 6.04 Å². The normalized spacial score (nSPS) is 16.6. The predicted octanol–water partition coefficient (Wildman–Crippen LogP) is 2.10. The Kier molecular flexibility index (Phi) is 7.07. The first-order valence-electron chi connectivity index (χ1n) is 9.52. The molecular weight excluding hydrogens is 324 g/mol. The van der Waals surface area contributed by atoms with E-state index in [-0.39, 0.29) is 0 Å². The van der Waals surface area contributed by atoms with Crippen LogP contribution in [0.25, 0.3) is 0 Å². The Bertz CT molecular complexity index is 644. The first-order valence-corrected chi connectivity index (χ1v) is 9.52. The minimum Gasteiger partial charge on any atom is -0.356 e. The standard InChI is InChI=1S/C20H30N6/c1-21-20(23-10-5-12-26-15-11-22-17-26)24-19-8-13-25(14-9-19)16-18-6-3-2-4-7-18/h2-4,6-7,11,15,17,19H,5,8-10,12-14,16H2,1H3,(H2,21,23,24). The summed E-state index contributed by atoms with van der Waals surface area (Å²) in [4.78, 5) is 11.0. The summed E-state index contributed by atoms with van der Waals surface area (Å²) in [7, 11) is 1.84. The van der Waals surface area contributed by atoms with Crippen LogP contribution >= 0.6 is 0 Å². The summed E-state index contributed by atoms with van der Waals surface area (Å²) in [6.45, 7) is 5.19. The largest absolute Gasteiger partial charge is 0.356 e. The Hall–Kier alpha value is -2.34. The number of likely N-dealkylation sites (tertiary alicyclic amines) is 1. The van der Waals surface area contributed by atoms with Crippen LogP contribution in [-0.2, 0) is 13.1 Å². The summed E-state index contributed by atoms with van der Waals surface area (Å²) in [5, 5.41) is 7.00. The molecule has 2 heterocycles. The third-order valence-electron chi connectivity index (χ3n) is 4.85. The molecule has 2 aromatic rings. The summed E-state index contributed by atoms with van der Waals surface area (Å²) in [6.07, 6.45) is 9.03. The number of imidazole rings is 1. The third-order valence-corrected chi connectivity index (χ3v) is 4.85. The maximum absolute atomic E-state index is 4.37. The molecule has 0 bridgehead atoms. The fourth-order valence-electron chi connectivity index (χ4n) is 3.35. The molecule has 0 unspecified atom stereocenters. The van der Waals surface area contributed by atoms with Gasteiger partial charge in [-0.05, 0) is 24.8 Å². The average molecular weight is 355 g/mol. The summed E-state index contributed by atoms with van der Waals surface area (Å²) in [5.74, 6) is 0.914. The number of hydrogen-bond donors (Lipinski definition) is 2. The minimum atomic E-state index is 0.502. The fraction of sp³-hybridized carbons (Fsp3) is 0.500. The van der Waals surface area contributed by atoms with E-state index in [1.54, 1.807) is 0 Å². The van der Waals surface area contributed by atoms with Crippen molar-refractivity contribution in [1.29, 1.82) is 0 Å². The molecule has 0 spiro atoms. The van der Waals surface area contributed by atoms with Crippen molar-refractivity contribution in [3.8, 4) is 0 Å². The number of aliphatic imine (C=N–C) groups is 1. The Balaban J connectivity index is 1.33. The van der Waals surface area contributed by atoms with Gasteiger partial charge in [-0.25, -0.2) is 4.98 Å². The number of aromatic nitrogens is 2. The van der Waals surface area contributed by atoms with Crippen LogP contribution in [-0.4, -0.2) is 53.1 Å². The molecule has 1 aromatic heterocycles. The molecule has 1 saturated heterocycles. The van der Waals surface area contributed by atoms with Gasteiger partial charge < -0.3 is 15.2 Å². The SMILES string of the molecule is CN=C(NCCCn1ccnc1)NC1CCN(Cc2ccccc2)CC1. The van der Waals surface area contributed by atoms with Crippen molar-refractivity contribution in [2.24, 2.45) is 4.99 Å². The number of hydrogen-bond acceptors (Lipinski definition) is 3. The zero-order valence-electron chi connectivity index (χ0n) is 15.6. The molecule has 6 nitrogen and oxygen atoms in total. The van der Waals surface area contributed by atoms with E-state index < -0.39 is 0 Å². The molecule has 140 valence electrons. The van der Waals surface area contributed by atoms with Gasteiger partial charge >= 0.3 is 0 Å². The molecule has 2 N–H and O–H groups in total. The van der Waals surface area contributed by atoms with Crippen molar-refractivity contribution < 1.29 is 0 Å². The lowest BCUT2D eigenvalue weighted by Crippen LogP contribution is -2.48. The van der Waals surface area contributed by atoms with E-state index in [4.69, 9.17) is 0 Å². The lowest BCUT2D eigenvalue weighted by atomic mass is 10.0. The van der Waals surface area contributed by atoms with E-state index in [2.05, 4.69) is 60.4 Å². The van der Waals surface area contributed by atoms with E-state index in [1.165, 1.54) is 5.56 Å². The highest BCUT2D eigenvalue weighted by atomic mass is 15.2. The zero-order chi connectivity index (χ0) is 18.0. The molecule has 1 aromatic carbocycles. The molecule has 26 heavy (non-hydrogen) atoms. The number of aryl methyl sites for hydroxylation is 1. The number of guanidine groups is 1. The van der Waals surface area contributed by atoms with Crippen LogP contribution in [0.3, 0.4) is 0 Å². The molecule has 0 saturated carbocycles. The zero-order valence-corrected chi connectivity index (χ0v) is 15.6. The second-order valence-electron chi connectivity index (χ2n) is 6.83. The molecule has 1 aliphatic rings. The second-order valence-corrected chi connectivity index (χ2v) is 6.83. The summed E-state index contributed by atoms with van der Waals surface area (Å²) >= 11 is 0. The minimum absolute atomic E-state index is 0.502. The highest BCUT2D eigenvalue weighted by Crippen LogP contribution is 2.13. The Morgan fingerprint density at radius 3 is 2.73 bits per heavy atom. The molecule has 0 atom stereocenters. The van der Waals surface area contributed by atoms with Crippen LogP contribution in [0.15, 0.2) is 54.0 Å². The summed E-state index contributed by atoms with van der Waals surface area (Å²) in [6, 6.07) is 11.2. The first-order chi connectivity index (χ1) is 12.8. The molecule has 3 rings (SSSR count). The first kappa shape index (κ1) is 18.5. The van der Waals surface area contributed by atoms with Gasteiger partial charge in [-0.1, -0.05) is 30.3 Å². The van der Waals surface area contributed by atoms with Gasteiger partial charge in [-0.2, -0.15) is 0 Å². The predicted molar refractivity (Wildman–Crippen MR) is 106 cm³/mol. The fourth-order valence-corrected chi connectivity index (χ4v) is 3.35. The molecule has 6 heteroatoms. The van der Waals surface area contributed by atoms with Crippen LogP contribution in [0.4, 0.5) is 0 Å². The van der Waals surface area contributed by atoms with Gasteiger partial charge in [0.2, 0.25) is 0 Å². The van der Waals surface area contributed by atoms with Crippen LogP contribution in [0.5, 0.6) is 0 Å². The number of nitrogens with zero attached hydrogens (tertiary/aromatic N) is 4. The maximum Gasteiger partial charge on any atom is 0.191 e. The van der Waals surface area contributed by atoms with E-state index >= 15 is 0 Å². The lowest BCUT2D eigenvalue weighted by molar-refractivity contribution is 0.198. The van der Waals surface area contributed by atoms with Crippen LogP contribution in [0, 0.1) is 0 Å². The number of benzene rings is 1. The van der Waals surface area contributed by atoms with Crippen molar-refractivity contribution in [2.45, 2.75) is 38.4 Å². The topological polar surface area (TPSA) is 57.5 Å². The lowest BCUT2D eigenvalue weighted by Gasteiger charge is -2.33. The molecule has 0 amide bonds. The molecule has 1 fully saturated rings. The Morgan fingerprint density at radius 2 is 2.04 bits per heavy atom. The molecular formula is C20H30N6. The van der Waals surface area contributed by atoms with Gasteiger partial charge in [0.05, 0.1) is 6.33 Å². The molecule has 1 aliphatic heterocycles. The summed E-state index contributed by atoms with van der Waals surface area (Å²) < 4.78 is 2.10. The maximum atomic E-state index is 4.37. The highest BCUT2D eigenvalue weighted by molar-refractivity contribution is 5.79. The van der Waals surface area contributed by atoms with Crippen molar-refractivity contribution >= 4 is 5.96 Å². The summed E-state index contributed by atoms with van der Waals surface area (Å²) in [5.41, 5.74) is 1.40. The van der Waals surface area contributed by atoms with Crippen LogP contribution in [0.1, 0.15) is 24.8 Å². The Labute approximate surface area is 156 Å². The van der Waals surface area contributed by atoms with Gasteiger partial charge in [0.15, 0.2) is 5.96 Å². The van der Waals surface area contributed by atoms with Gasteiger partial charge in [-0.15, -0.1) is 0 Å². The number of rotatable bonds is 7. The van der Waals surface area contributed by atoms with Crippen LogP contribution < -0.4 is 10.6 Å². The monoisotopic (exact) mass is 354 g/mol. The van der Waals surface area contributed by atoms with Gasteiger partial charge in [-0.3, -0.25) is 9.89 Å². The van der Waals surface area contributed by atoms with E-state index in [0.717, 1.165) is 57.9 Å². The smallest absolute Gasteiger partial charge is 0.191 e. The molecule has 0 aliphatic carbocycles. The van der Waals surface area contributed by atoms with Crippen molar-refractivity contribution in [3.63, 3.8) is 0 Å². The average Bonchev–Trinajstić information content (AvgIpc) is 3.20. The van der Waals surface area contributed by atoms with Crippen molar-refractivity contribution in [1.82, 2.24) is 25.1 Å². The second kappa shape index (κ2) is 9.97. The molecule has 0 radical (unpaired) electrons. The van der Waals surface area contributed by atoms with Crippen molar-refractivity contribution in [2.75, 3.05) is 26.7 Å². The Morgan fingerprint density at radius 1 is 1.23 bits per heavy atom. The van der Waals surface area contributed by atoms with E-state index in [1.807, 2.05) is 25.8 Å². The van der Waals surface area contributed by atoms with Crippen LogP contribution in [0.2, 0.25) is 0 Å². The van der Waals surface area contributed by atoms with E-state index in [9.17, 15) is 0 Å². The number of piperidine rings is 1. The quantitative estimate of drug-likeness (QED) is 0.454. The highest BCUT2D eigenvalue weighted by Gasteiger charge is 2.19. The van der Waals surface area contributed by atoms with Gasteiger partial charge in [0.25, 0.3) is 0 Å². The number of nitrogens with one attached hydrogen (secondary N) is 2. The van der Waals surface area contributed by atoms with Crippen molar-refractivity contribution in [3.05, 3.63) is 54.6 Å².